The van der Waals surface area contributed by atoms with Gasteiger partial charge in [-0.3, -0.25) is 4.79 Å². The second-order valence-corrected chi connectivity index (χ2v) is 4.80. The quantitative estimate of drug-likeness (QED) is 0.729. The third kappa shape index (κ3) is 2.92. The Morgan fingerprint density at radius 1 is 1.53 bits per heavy atom. The van der Waals surface area contributed by atoms with Crippen LogP contribution in [0.25, 0.3) is 0 Å². The van der Waals surface area contributed by atoms with Crippen LogP contribution in [0.4, 0.5) is 0 Å². The number of piperidine rings is 1. The molecule has 0 saturated carbocycles. The van der Waals surface area contributed by atoms with E-state index in [9.17, 15) is 9.90 Å². The van der Waals surface area contributed by atoms with Gasteiger partial charge in [-0.15, -0.1) is 0 Å². The third-order valence-corrected chi connectivity index (χ3v) is 3.27. The maximum Gasteiger partial charge on any atom is 0.309 e. The van der Waals surface area contributed by atoms with Crippen molar-refractivity contribution in [1.29, 1.82) is 0 Å². The van der Waals surface area contributed by atoms with Crippen LogP contribution in [0.2, 0.25) is 0 Å². The molecule has 0 aromatic heterocycles. The van der Waals surface area contributed by atoms with Crippen LogP contribution in [0, 0.1) is 5.92 Å². The number of nitrogens with one attached hydrogen (secondary N) is 1. The smallest absolute Gasteiger partial charge is 0.309 e. The molecule has 0 aromatic carbocycles. The summed E-state index contributed by atoms with van der Waals surface area (Å²) in [6.45, 7) is 7.08. The lowest BCUT2D eigenvalue weighted by molar-refractivity contribution is -0.146. The molecule has 15 heavy (non-hydrogen) atoms. The molecule has 4 heteroatoms. The van der Waals surface area contributed by atoms with Gasteiger partial charge >= 0.3 is 5.97 Å². The normalized spacial score (nSPS) is 33.3. The summed E-state index contributed by atoms with van der Waals surface area (Å²) < 4.78 is 0. The molecule has 88 valence electrons. The first kappa shape index (κ1) is 12.5. The molecule has 1 rings (SSSR count). The van der Waals surface area contributed by atoms with Gasteiger partial charge in [0.05, 0.1) is 5.92 Å². The maximum absolute atomic E-state index is 11.2. The molecule has 0 aromatic rings. The van der Waals surface area contributed by atoms with Crippen molar-refractivity contribution in [2.24, 2.45) is 5.92 Å². The Hall–Kier alpha value is -0.610. The summed E-state index contributed by atoms with van der Waals surface area (Å²) in [4.78, 5) is 13.4. The first-order valence-corrected chi connectivity index (χ1v) is 5.62. The molecule has 1 fully saturated rings. The van der Waals surface area contributed by atoms with Crippen LogP contribution in [-0.4, -0.2) is 47.7 Å². The van der Waals surface area contributed by atoms with Crippen molar-refractivity contribution >= 4 is 5.97 Å². The SMILES string of the molecule is CC(C)NC1CCN(C)C(C)C1C(=O)O. The molecule has 1 heterocycles. The van der Waals surface area contributed by atoms with E-state index in [2.05, 4.69) is 24.1 Å². The minimum Gasteiger partial charge on any atom is -0.481 e. The molecule has 0 amide bonds. The summed E-state index contributed by atoms with van der Waals surface area (Å²) in [6, 6.07) is 0.550. The number of carbonyl (C=O) groups is 1. The van der Waals surface area contributed by atoms with E-state index in [-0.39, 0.29) is 18.0 Å². The topological polar surface area (TPSA) is 52.6 Å². The van der Waals surface area contributed by atoms with Crippen molar-refractivity contribution in [1.82, 2.24) is 10.2 Å². The van der Waals surface area contributed by atoms with Gasteiger partial charge in [0.2, 0.25) is 0 Å². The molecule has 0 aliphatic carbocycles. The molecule has 2 N–H and O–H groups in total. The van der Waals surface area contributed by atoms with Crippen LogP contribution < -0.4 is 5.32 Å². The molecular formula is C11H22N2O2. The lowest BCUT2D eigenvalue weighted by Gasteiger charge is -2.41. The van der Waals surface area contributed by atoms with Crippen LogP contribution in [0.15, 0.2) is 0 Å². The van der Waals surface area contributed by atoms with E-state index in [1.54, 1.807) is 0 Å². The van der Waals surface area contributed by atoms with Crippen molar-refractivity contribution in [3.8, 4) is 0 Å². The van der Waals surface area contributed by atoms with E-state index in [1.807, 2.05) is 14.0 Å². The highest BCUT2D eigenvalue weighted by atomic mass is 16.4. The maximum atomic E-state index is 11.2. The summed E-state index contributed by atoms with van der Waals surface area (Å²) in [5.41, 5.74) is 0. The number of nitrogens with zero attached hydrogens (tertiary/aromatic N) is 1. The van der Waals surface area contributed by atoms with Crippen LogP contribution in [-0.2, 0) is 4.79 Å². The zero-order valence-electron chi connectivity index (χ0n) is 10.0. The minimum absolute atomic E-state index is 0.104. The summed E-state index contributed by atoms with van der Waals surface area (Å²) in [7, 11) is 1.99. The lowest BCUT2D eigenvalue weighted by Crippen LogP contribution is -2.57. The molecule has 0 radical (unpaired) electrons. The number of rotatable bonds is 3. The first-order valence-electron chi connectivity index (χ1n) is 5.62. The number of likely N-dealkylation sites (tertiary alicyclic amines) is 1. The van der Waals surface area contributed by atoms with Gasteiger partial charge in [-0.2, -0.15) is 0 Å². The van der Waals surface area contributed by atoms with Crippen molar-refractivity contribution in [3.63, 3.8) is 0 Å². The molecule has 1 saturated heterocycles. The molecule has 0 bridgehead atoms. The van der Waals surface area contributed by atoms with Crippen LogP contribution in [0.1, 0.15) is 27.2 Å². The number of aliphatic carboxylic acids is 1. The van der Waals surface area contributed by atoms with Gasteiger partial charge in [0, 0.05) is 18.1 Å². The Labute approximate surface area is 91.6 Å². The number of carboxylic acid groups (broad SMARTS) is 1. The van der Waals surface area contributed by atoms with Crippen LogP contribution >= 0.6 is 0 Å². The molecule has 0 spiro atoms. The second-order valence-electron chi connectivity index (χ2n) is 4.80. The van der Waals surface area contributed by atoms with E-state index in [0.29, 0.717) is 6.04 Å². The predicted molar refractivity (Wildman–Crippen MR) is 59.9 cm³/mol. The van der Waals surface area contributed by atoms with Crippen molar-refractivity contribution < 1.29 is 9.90 Å². The third-order valence-electron chi connectivity index (χ3n) is 3.27. The highest BCUT2D eigenvalue weighted by Crippen LogP contribution is 2.23. The van der Waals surface area contributed by atoms with E-state index in [4.69, 9.17) is 0 Å². The molecular weight excluding hydrogens is 192 g/mol. The van der Waals surface area contributed by atoms with Crippen molar-refractivity contribution in [2.75, 3.05) is 13.6 Å². The summed E-state index contributed by atoms with van der Waals surface area (Å²) in [5.74, 6) is -0.988. The summed E-state index contributed by atoms with van der Waals surface area (Å²) in [5, 5.41) is 12.6. The number of carboxylic acids is 1. The Kier molecular flexibility index (Phi) is 4.11. The van der Waals surface area contributed by atoms with Gasteiger partial charge in [-0.1, -0.05) is 13.8 Å². The van der Waals surface area contributed by atoms with E-state index >= 15 is 0 Å². The Morgan fingerprint density at radius 2 is 2.13 bits per heavy atom. The van der Waals surface area contributed by atoms with E-state index < -0.39 is 5.97 Å². The van der Waals surface area contributed by atoms with Crippen molar-refractivity contribution in [3.05, 3.63) is 0 Å². The van der Waals surface area contributed by atoms with Gasteiger partial charge in [0.1, 0.15) is 0 Å². The highest BCUT2D eigenvalue weighted by molar-refractivity contribution is 5.72. The number of hydrogen-bond donors (Lipinski definition) is 2. The summed E-state index contributed by atoms with van der Waals surface area (Å²) in [6.07, 6.45) is 0.913. The molecule has 4 nitrogen and oxygen atoms in total. The first-order chi connectivity index (χ1) is 6.93. The van der Waals surface area contributed by atoms with Gasteiger partial charge in [0.25, 0.3) is 0 Å². The van der Waals surface area contributed by atoms with Gasteiger partial charge in [-0.25, -0.2) is 0 Å². The minimum atomic E-state index is -0.688. The van der Waals surface area contributed by atoms with E-state index in [0.717, 1.165) is 13.0 Å². The van der Waals surface area contributed by atoms with Crippen LogP contribution in [0.3, 0.4) is 0 Å². The zero-order chi connectivity index (χ0) is 11.6. The van der Waals surface area contributed by atoms with Gasteiger partial charge < -0.3 is 15.3 Å². The van der Waals surface area contributed by atoms with Gasteiger partial charge in [0.15, 0.2) is 0 Å². The zero-order valence-corrected chi connectivity index (χ0v) is 10.0. The fourth-order valence-corrected chi connectivity index (χ4v) is 2.33. The fourth-order valence-electron chi connectivity index (χ4n) is 2.33. The lowest BCUT2D eigenvalue weighted by atomic mass is 9.85. The number of hydrogen-bond acceptors (Lipinski definition) is 3. The van der Waals surface area contributed by atoms with E-state index in [1.165, 1.54) is 0 Å². The molecule has 1 aliphatic heterocycles. The largest absolute Gasteiger partial charge is 0.481 e. The average molecular weight is 214 g/mol. The summed E-state index contributed by atoms with van der Waals surface area (Å²) >= 11 is 0. The Balaban J connectivity index is 2.73. The average Bonchev–Trinajstić information content (AvgIpc) is 2.10. The molecule has 1 aliphatic rings. The second kappa shape index (κ2) is 4.94. The predicted octanol–water partition coefficient (Wildman–Crippen LogP) is 0.778. The fraction of sp³-hybridized carbons (Fsp3) is 0.909. The van der Waals surface area contributed by atoms with Crippen LogP contribution in [0.5, 0.6) is 0 Å². The molecule has 3 atom stereocenters. The van der Waals surface area contributed by atoms with Gasteiger partial charge in [-0.05, 0) is 26.9 Å². The Bertz CT molecular complexity index is 231. The molecule has 3 unspecified atom stereocenters. The Morgan fingerprint density at radius 3 is 2.60 bits per heavy atom. The standard InChI is InChI=1S/C11H22N2O2/c1-7(2)12-9-5-6-13(4)8(3)10(9)11(14)15/h7-10,12H,5-6H2,1-4H3,(H,14,15). The van der Waals surface area contributed by atoms with Crippen molar-refractivity contribution in [2.45, 2.75) is 45.3 Å². The highest BCUT2D eigenvalue weighted by Gasteiger charge is 2.38. The monoisotopic (exact) mass is 214 g/mol.